The Labute approximate surface area is 110 Å². The maximum atomic E-state index is 11.4. The lowest BCUT2D eigenvalue weighted by Crippen LogP contribution is -2.06. The van der Waals surface area contributed by atoms with Crippen molar-refractivity contribution in [2.45, 2.75) is 0 Å². The summed E-state index contributed by atoms with van der Waals surface area (Å²) in [7, 11) is 2.89. The average molecular weight is 259 g/mol. The first-order valence-corrected chi connectivity index (χ1v) is 5.55. The van der Waals surface area contributed by atoms with Crippen molar-refractivity contribution in [3.63, 3.8) is 0 Å². The number of nitrogens with zero attached hydrogens (tertiary/aromatic N) is 2. The number of carbonyl (C=O) groups is 1. The minimum atomic E-state index is -0.509. The molecule has 0 bridgehead atoms. The molecule has 6 heteroatoms. The number of anilines is 2. The van der Waals surface area contributed by atoms with Gasteiger partial charge in [0.25, 0.3) is 0 Å². The van der Waals surface area contributed by atoms with Gasteiger partial charge in [-0.25, -0.2) is 14.8 Å². The highest BCUT2D eigenvalue weighted by atomic mass is 16.5. The molecular weight excluding hydrogens is 246 g/mol. The van der Waals surface area contributed by atoms with E-state index in [1.165, 1.54) is 19.5 Å². The molecule has 0 aliphatic heterocycles. The van der Waals surface area contributed by atoms with Crippen molar-refractivity contribution < 1.29 is 14.3 Å². The van der Waals surface area contributed by atoms with Crippen LogP contribution in [0.3, 0.4) is 0 Å². The van der Waals surface area contributed by atoms with Gasteiger partial charge < -0.3 is 14.8 Å². The number of rotatable bonds is 4. The normalized spacial score (nSPS) is 9.79. The molecule has 0 spiro atoms. The average Bonchev–Trinajstić information content (AvgIpc) is 2.47. The summed E-state index contributed by atoms with van der Waals surface area (Å²) in [5.41, 5.74) is 0.939. The molecule has 0 saturated carbocycles. The highest BCUT2D eigenvalue weighted by Gasteiger charge is 2.09. The van der Waals surface area contributed by atoms with E-state index in [0.717, 1.165) is 5.69 Å². The number of hydrogen-bond acceptors (Lipinski definition) is 6. The molecule has 0 atom stereocenters. The molecule has 19 heavy (non-hydrogen) atoms. The third kappa shape index (κ3) is 2.98. The Morgan fingerprint density at radius 3 is 2.74 bits per heavy atom. The van der Waals surface area contributed by atoms with Crippen molar-refractivity contribution in [1.82, 2.24) is 9.97 Å². The summed E-state index contributed by atoms with van der Waals surface area (Å²) in [5, 5.41) is 3.06. The lowest BCUT2D eigenvalue weighted by molar-refractivity contribution is 0.0594. The van der Waals surface area contributed by atoms with E-state index in [9.17, 15) is 4.79 Å². The van der Waals surface area contributed by atoms with Gasteiger partial charge in [-0.1, -0.05) is 12.1 Å². The van der Waals surface area contributed by atoms with E-state index in [1.54, 1.807) is 7.11 Å². The Kier molecular flexibility index (Phi) is 3.92. The van der Waals surface area contributed by atoms with Crippen LogP contribution in [0.4, 0.5) is 11.5 Å². The molecule has 0 fully saturated rings. The van der Waals surface area contributed by atoms with Crippen molar-refractivity contribution in [2.24, 2.45) is 0 Å². The minimum Gasteiger partial charge on any atom is -0.495 e. The van der Waals surface area contributed by atoms with E-state index in [2.05, 4.69) is 20.0 Å². The van der Waals surface area contributed by atoms with E-state index in [4.69, 9.17) is 4.74 Å². The van der Waals surface area contributed by atoms with E-state index in [0.29, 0.717) is 11.6 Å². The van der Waals surface area contributed by atoms with Gasteiger partial charge in [-0.15, -0.1) is 0 Å². The van der Waals surface area contributed by atoms with Crippen LogP contribution in [0.15, 0.2) is 36.7 Å². The fourth-order valence-electron chi connectivity index (χ4n) is 1.53. The first-order chi connectivity index (χ1) is 9.24. The second kappa shape index (κ2) is 5.81. The van der Waals surface area contributed by atoms with Crippen LogP contribution >= 0.6 is 0 Å². The predicted octanol–water partition coefficient (Wildman–Crippen LogP) is 2.02. The molecule has 0 saturated heterocycles. The number of carbonyl (C=O) groups excluding carboxylic acids is 1. The summed E-state index contributed by atoms with van der Waals surface area (Å²) in [4.78, 5) is 19.3. The summed E-state index contributed by atoms with van der Waals surface area (Å²) in [6, 6.07) is 8.92. The molecule has 0 unspecified atom stereocenters. The molecule has 0 amide bonds. The van der Waals surface area contributed by atoms with Crippen LogP contribution in [-0.2, 0) is 4.74 Å². The zero-order chi connectivity index (χ0) is 13.7. The highest BCUT2D eigenvalue weighted by Crippen LogP contribution is 2.26. The Morgan fingerprint density at radius 2 is 2.00 bits per heavy atom. The Morgan fingerprint density at radius 1 is 1.21 bits per heavy atom. The van der Waals surface area contributed by atoms with Crippen molar-refractivity contribution in [3.8, 4) is 5.75 Å². The smallest absolute Gasteiger partial charge is 0.356 e. The molecular formula is C13H13N3O3. The first-order valence-electron chi connectivity index (χ1n) is 5.55. The van der Waals surface area contributed by atoms with Gasteiger partial charge in [0, 0.05) is 6.07 Å². The zero-order valence-electron chi connectivity index (χ0n) is 10.6. The number of aromatic nitrogens is 2. The van der Waals surface area contributed by atoms with Crippen LogP contribution in [0.25, 0.3) is 0 Å². The molecule has 0 radical (unpaired) electrons. The van der Waals surface area contributed by atoms with Gasteiger partial charge in [-0.05, 0) is 12.1 Å². The number of esters is 1. The lowest BCUT2D eigenvalue weighted by atomic mass is 10.3. The number of nitrogens with one attached hydrogen (secondary N) is 1. The minimum absolute atomic E-state index is 0.190. The zero-order valence-corrected chi connectivity index (χ0v) is 10.6. The van der Waals surface area contributed by atoms with Gasteiger partial charge >= 0.3 is 5.97 Å². The summed E-state index contributed by atoms with van der Waals surface area (Å²) in [5.74, 6) is 0.658. The van der Waals surface area contributed by atoms with Crippen LogP contribution in [0.5, 0.6) is 5.75 Å². The number of ether oxygens (including phenoxy) is 2. The van der Waals surface area contributed by atoms with Gasteiger partial charge in [0.15, 0.2) is 5.69 Å². The van der Waals surface area contributed by atoms with E-state index in [-0.39, 0.29) is 5.69 Å². The molecule has 2 rings (SSSR count). The molecule has 2 aromatic rings. The second-order valence-corrected chi connectivity index (χ2v) is 3.61. The van der Waals surface area contributed by atoms with Gasteiger partial charge in [0.2, 0.25) is 0 Å². The van der Waals surface area contributed by atoms with E-state index >= 15 is 0 Å². The molecule has 98 valence electrons. The monoisotopic (exact) mass is 259 g/mol. The van der Waals surface area contributed by atoms with Crippen LogP contribution in [0.2, 0.25) is 0 Å². The summed E-state index contributed by atoms with van der Waals surface area (Å²) >= 11 is 0. The van der Waals surface area contributed by atoms with Crippen LogP contribution in [0, 0.1) is 0 Å². The van der Waals surface area contributed by atoms with E-state index < -0.39 is 5.97 Å². The summed E-state index contributed by atoms with van der Waals surface area (Å²) < 4.78 is 9.82. The maximum absolute atomic E-state index is 11.4. The Hall–Kier alpha value is -2.63. The molecule has 6 nitrogen and oxygen atoms in total. The third-order valence-electron chi connectivity index (χ3n) is 2.43. The molecule has 1 aromatic heterocycles. The third-order valence-corrected chi connectivity index (χ3v) is 2.43. The molecule has 0 aliphatic carbocycles. The van der Waals surface area contributed by atoms with Gasteiger partial charge in [-0.3, -0.25) is 0 Å². The Balaban J connectivity index is 2.26. The van der Waals surface area contributed by atoms with Crippen molar-refractivity contribution >= 4 is 17.5 Å². The number of hydrogen-bond donors (Lipinski definition) is 1. The number of methoxy groups -OCH3 is 2. The van der Waals surface area contributed by atoms with Crippen molar-refractivity contribution in [3.05, 3.63) is 42.4 Å². The van der Waals surface area contributed by atoms with Crippen molar-refractivity contribution in [2.75, 3.05) is 19.5 Å². The van der Waals surface area contributed by atoms with Crippen LogP contribution in [-0.4, -0.2) is 30.2 Å². The Bertz CT molecular complexity index is 587. The van der Waals surface area contributed by atoms with Gasteiger partial charge in [0.05, 0.1) is 19.9 Å². The highest BCUT2D eigenvalue weighted by molar-refractivity contribution is 5.88. The molecule has 1 aromatic carbocycles. The SMILES string of the molecule is COC(=O)c1cc(Nc2ccccc2OC)ncn1. The lowest BCUT2D eigenvalue weighted by Gasteiger charge is -2.10. The fraction of sp³-hybridized carbons (Fsp3) is 0.154. The largest absolute Gasteiger partial charge is 0.495 e. The van der Waals surface area contributed by atoms with Crippen LogP contribution < -0.4 is 10.1 Å². The topological polar surface area (TPSA) is 73.3 Å². The molecule has 1 N–H and O–H groups in total. The van der Waals surface area contributed by atoms with Crippen LogP contribution in [0.1, 0.15) is 10.5 Å². The molecule has 1 heterocycles. The molecule has 0 aliphatic rings. The number of benzene rings is 1. The van der Waals surface area contributed by atoms with Gasteiger partial charge in [-0.2, -0.15) is 0 Å². The quantitative estimate of drug-likeness (QED) is 0.847. The van der Waals surface area contributed by atoms with Crippen molar-refractivity contribution in [1.29, 1.82) is 0 Å². The van der Waals surface area contributed by atoms with E-state index in [1.807, 2.05) is 24.3 Å². The van der Waals surface area contributed by atoms with Gasteiger partial charge in [0.1, 0.15) is 17.9 Å². The standard InChI is InChI=1S/C13H13N3O3/c1-18-11-6-4-3-5-9(11)16-12-7-10(13(17)19-2)14-8-15-12/h3-8H,1-2H3,(H,14,15,16). The summed E-state index contributed by atoms with van der Waals surface area (Å²) in [6.07, 6.45) is 1.30. The second-order valence-electron chi connectivity index (χ2n) is 3.61. The first kappa shape index (κ1) is 12.8. The summed E-state index contributed by atoms with van der Waals surface area (Å²) in [6.45, 7) is 0. The fourth-order valence-corrected chi connectivity index (χ4v) is 1.53. The number of para-hydroxylation sites is 2. The maximum Gasteiger partial charge on any atom is 0.356 e. The predicted molar refractivity (Wildman–Crippen MR) is 69.6 cm³/mol.